The molecule has 0 radical (unpaired) electrons. The second-order valence-corrected chi connectivity index (χ2v) is 5.35. The van der Waals surface area contributed by atoms with Crippen molar-refractivity contribution >= 4 is 11.7 Å². The molecule has 0 bridgehead atoms. The van der Waals surface area contributed by atoms with Crippen LogP contribution in [0.2, 0.25) is 0 Å². The van der Waals surface area contributed by atoms with E-state index in [4.69, 9.17) is 4.74 Å². The molecule has 1 fully saturated rings. The minimum Gasteiger partial charge on any atom is -0.370 e. The molecule has 0 atom stereocenters. The zero-order valence-electron chi connectivity index (χ0n) is 12.7. The van der Waals surface area contributed by atoms with E-state index in [1.807, 2.05) is 30.3 Å². The summed E-state index contributed by atoms with van der Waals surface area (Å²) in [6, 6.07) is 11.5. The number of ether oxygens (including phenoxy) is 1. The van der Waals surface area contributed by atoms with Gasteiger partial charge >= 0.3 is 0 Å². The van der Waals surface area contributed by atoms with Crippen molar-refractivity contribution in [2.75, 3.05) is 38.2 Å². The van der Waals surface area contributed by atoms with Gasteiger partial charge in [-0.2, -0.15) is 10.4 Å². The Morgan fingerprint density at radius 3 is 2.78 bits per heavy atom. The number of para-hydroxylation sites is 1. The van der Waals surface area contributed by atoms with Crippen molar-refractivity contribution in [3.05, 3.63) is 42.1 Å². The fourth-order valence-corrected chi connectivity index (χ4v) is 2.56. The van der Waals surface area contributed by atoms with Gasteiger partial charge in [-0.05, 0) is 12.1 Å². The van der Waals surface area contributed by atoms with Gasteiger partial charge in [-0.25, -0.2) is 4.68 Å². The Morgan fingerprint density at radius 1 is 1.35 bits per heavy atom. The number of benzene rings is 1. The van der Waals surface area contributed by atoms with Crippen LogP contribution in [0.3, 0.4) is 0 Å². The number of rotatable bonds is 4. The monoisotopic (exact) mass is 312 g/mol. The molecule has 7 heteroatoms. The molecule has 2 N–H and O–H groups in total. The maximum Gasteiger partial charge on any atom is 0.280 e. The summed E-state index contributed by atoms with van der Waals surface area (Å²) in [4.78, 5) is 13.5. The number of nitrogens with zero attached hydrogens (tertiary/aromatic N) is 3. The molecular formula is C16H18N5O2+. The number of quaternary nitrogens is 1. The number of morpholine rings is 1. The van der Waals surface area contributed by atoms with Gasteiger partial charge in [0.25, 0.3) is 5.91 Å². The molecule has 0 unspecified atom stereocenters. The number of hydrogen-bond donors (Lipinski definition) is 2. The summed E-state index contributed by atoms with van der Waals surface area (Å²) in [5.74, 6) is 0.285. The van der Waals surface area contributed by atoms with Crippen LogP contribution >= 0.6 is 0 Å². The molecule has 1 aromatic heterocycles. The van der Waals surface area contributed by atoms with Crippen molar-refractivity contribution in [1.82, 2.24) is 9.78 Å². The SMILES string of the molecule is N#Cc1cnn(-c2ccccc2)c1NC(=O)C[NH+]1CCOCC1. The van der Waals surface area contributed by atoms with Crippen molar-refractivity contribution < 1.29 is 14.4 Å². The molecule has 0 spiro atoms. The molecule has 1 amide bonds. The molecule has 118 valence electrons. The summed E-state index contributed by atoms with van der Waals surface area (Å²) >= 11 is 0. The third kappa shape index (κ3) is 3.56. The second kappa shape index (κ2) is 7.05. The van der Waals surface area contributed by atoms with E-state index in [2.05, 4.69) is 16.5 Å². The Kier molecular flexibility index (Phi) is 4.66. The maximum atomic E-state index is 12.3. The number of amides is 1. The molecular weight excluding hydrogens is 294 g/mol. The van der Waals surface area contributed by atoms with E-state index in [1.54, 1.807) is 4.68 Å². The molecule has 0 saturated carbocycles. The van der Waals surface area contributed by atoms with Crippen LogP contribution in [0.1, 0.15) is 5.56 Å². The zero-order valence-corrected chi connectivity index (χ0v) is 12.7. The molecule has 23 heavy (non-hydrogen) atoms. The van der Waals surface area contributed by atoms with E-state index in [0.29, 0.717) is 31.1 Å². The second-order valence-electron chi connectivity index (χ2n) is 5.35. The lowest BCUT2D eigenvalue weighted by Crippen LogP contribution is -3.15. The van der Waals surface area contributed by atoms with E-state index < -0.39 is 0 Å². The first-order chi connectivity index (χ1) is 11.3. The lowest BCUT2D eigenvalue weighted by molar-refractivity contribution is -0.899. The Bertz CT molecular complexity index is 714. The molecule has 0 aliphatic carbocycles. The van der Waals surface area contributed by atoms with Crippen LogP contribution in [0.25, 0.3) is 5.69 Å². The Morgan fingerprint density at radius 2 is 2.09 bits per heavy atom. The predicted molar refractivity (Wildman–Crippen MR) is 83.3 cm³/mol. The highest BCUT2D eigenvalue weighted by Crippen LogP contribution is 2.19. The van der Waals surface area contributed by atoms with Crippen LogP contribution in [-0.2, 0) is 9.53 Å². The summed E-state index contributed by atoms with van der Waals surface area (Å²) < 4.78 is 6.87. The maximum absolute atomic E-state index is 12.3. The lowest BCUT2D eigenvalue weighted by atomic mass is 10.3. The molecule has 3 rings (SSSR count). The normalized spacial score (nSPS) is 15.1. The first-order valence-corrected chi connectivity index (χ1v) is 7.52. The number of carbonyl (C=O) groups is 1. The third-order valence-electron chi connectivity index (χ3n) is 3.76. The quantitative estimate of drug-likeness (QED) is 0.804. The molecule has 7 nitrogen and oxygen atoms in total. The fraction of sp³-hybridized carbons (Fsp3) is 0.312. The summed E-state index contributed by atoms with van der Waals surface area (Å²) in [5, 5.41) is 16.3. The summed E-state index contributed by atoms with van der Waals surface area (Å²) in [6.07, 6.45) is 1.46. The molecule has 1 aromatic carbocycles. The summed E-state index contributed by atoms with van der Waals surface area (Å²) in [5.41, 5.74) is 1.14. The zero-order chi connectivity index (χ0) is 16.1. The van der Waals surface area contributed by atoms with Gasteiger partial charge in [0.1, 0.15) is 24.7 Å². The van der Waals surface area contributed by atoms with Crippen molar-refractivity contribution in [2.45, 2.75) is 0 Å². The Hall–Kier alpha value is -2.69. The van der Waals surface area contributed by atoms with Gasteiger partial charge < -0.3 is 15.0 Å². The third-order valence-corrected chi connectivity index (χ3v) is 3.76. The van der Waals surface area contributed by atoms with Crippen LogP contribution in [0.15, 0.2) is 36.5 Å². The van der Waals surface area contributed by atoms with E-state index >= 15 is 0 Å². The average Bonchev–Trinajstić information content (AvgIpc) is 2.99. The van der Waals surface area contributed by atoms with Crippen LogP contribution < -0.4 is 10.2 Å². The first-order valence-electron chi connectivity index (χ1n) is 7.52. The van der Waals surface area contributed by atoms with Crippen LogP contribution in [-0.4, -0.2) is 48.5 Å². The van der Waals surface area contributed by atoms with Gasteiger partial charge in [0, 0.05) is 0 Å². The number of nitriles is 1. The highest BCUT2D eigenvalue weighted by molar-refractivity contribution is 5.92. The summed E-state index contributed by atoms with van der Waals surface area (Å²) in [6.45, 7) is 3.34. The topological polar surface area (TPSA) is 84.4 Å². The number of aromatic nitrogens is 2. The molecule has 1 aliphatic heterocycles. The molecule has 2 aromatic rings. The number of anilines is 1. The minimum atomic E-state index is -0.129. The summed E-state index contributed by atoms with van der Waals surface area (Å²) in [7, 11) is 0. The van der Waals surface area contributed by atoms with Crippen molar-refractivity contribution in [3.8, 4) is 11.8 Å². The van der Waals surface area contributed by atoms with E-state index in [9.17, 15) is 10.1 Å². The lowest BCUT2D eigenvalue weighted by Gasteiger charge is -2.23. The standard InChI is InChI=1S/C16H17N5O2/c17-10-13-11-18-21(14-4-2-1-3-5-14)16(13)19-15(22)12-20-6-8-23-9-7-20/h1-5,11H,6-9,12H2,(H,19,22)/p+1. The molecule has 1 aliphatic rings. The van der Waals surface area contributed by atoms with E-state index in [-0.39, 0.29) is 5.91 Å². The average molecular weight is 312 g/mol. The molecule has 2 heterocycles. The number of carbonyl (C=O) groups excluding carboxylic acids is 1. The van der Waals surface area contributed by atoms with Gasteiger partial charge in [0.05, 0.1) is 25.1 Å². The predicted octanol–water partition coefficient (Wildman–Crippen LogP) is -0.402. The molecule has 1 saturated heterocycles. The first kappa shape index (κ1) is 15.2. The van der Waals surface area contributed by atoms with Crippen LogP contribution in [0.5, 0.6) is 0 Å². The van der Waals surface area contributed by atoms with E-state index in [1.165, 1.54) is 11.1 Å². The van der Waals surface area contributed by atoms with Crippen molar-refractivity contribution in [1.29, 1.82) is 5.26 Å². The van der Waals surface area contributed by atoms with Crippen LogP contribution in [0, 0.1) is 11.3 Å². The van der Waals surface area contributed by atoms with Crippen molar-refractivity contribution in [2.24, 2.45) is 0 Å². The Balaban J connectivity index is 1.77. The fourth-order valence-electron chi connectivity index (χ4n) is 2.56. The highest BCUT2D eigenvalue weighted by atomic mass is 16.5. The van der Waals surface area contributed by atoms with Gasteiger partial charge in [0.2, 0.25) is 0 Å². The van der Waals surface area contributed by atoms with Gasteiger partial charge in [-0.3, -0.25) is 4.79 Å². The minimum absolute atomic E-state index is 0.129. The Labute approximate surface area is 134 Å². The largest absolute Gasteiger partial charge is 0.370 e. The number of hydrogen-bond acceptors (Lipinski definition) is 4. The van der Waals surface area contributed by atoms with Gasteiger partial charge in [-0.1, -0.05) is 18.2 Å². The number of nitrogens with one attached hydrogen (secondary N) is 2. The van der Waals surface area contributed by atoms with Crippen LogP contribution in [0.4, 0.5) is 5.82 Å². The highest BCUT2D eigenvalue weighted by Gasteiger charge is 2.20. The smallest absolute Gasteiger partial charge is 0.280 e. The van der Waals surface area contributed by atoms with Gasteiger partial charge in [0.15, 0.2) is 12.4 Å². The van der Waals surface area contributed by atoms with Crippen molar-refractivity contribution in [3.63, 3.8) is 0 Å². The van der Waals surface area contributed by atoms with E-state index in [0.717, 1.165) is 18.8 Å². The van der Waals surface area contributed by atoms with Gasteiger partial charge in [-0.15, -0.1) is 0 Å².